The quantitative estimate of drug-likeness (QED) is 0.934. The standard InChI is InChI=1S/C15H11ClN2O3S/c1-22(20,21)13-6-3-10(4-7-13)15(19)18-12-5-2-11(9-17)14(16)8-12/h2-8H,1H3,(H,18,19). The number of amides is 1. The summed E-state index contributed by atoms with van der Waals surface area (Å²) in [5.41, 5.74) is 1.08. The molecule has 0 saturated heterocycles. The van der Waals surface area contributed by atoms with Gasteiger partial charge in [-0.25, -0.2) is 8.42 Å². The number of halogens is 1. The minimum absolute atomic E-state index is 0.144. The summed E-state index contributed by atoms with van der Waals surface area (Å²) in [5.74, 6) is -0.402. The Morgan fingerprint density at radius 1 is 1.18 bits per heavy atom. The molecule has 0 unspecified atom stereocenters. The minimum atomic E-state index is -3.30. The van der Waals surface area contributed by atoms with Crippen molar-refractivity contribution in [3.63, 3.8) is 0 Å². The summed E-state index contributed by atoms with van der Waals surface area (Å²) in [4.78, 5) is 12.2. The predicted molar refractivity (Wildman–Crippen MR) is 83.7 cm³/mol. The van der Waals surface area contributed by atoms with Gasteiger partial charge in [0.05, 0.1) is 15.5 Å². The van der Waals surface area contributed by atoms with Gasteiger partial charge < -0.3 is 5.32 Å². The van der Waals surface area contributed by atoms with Crippen LogP contribution in [-0.2, 0) is 9.84 Å². The molecule has 0 radical (unpaired) electrons. The van der Waals surface area contributed by atoms with E-state index >= 15 is 0 Å². The summed E-state index contributed by atoms with van der Waals surface area (Å²) < 4.78 is 22.7. The Balaban J connectivity index is 2.19. The molecule has 0 saturated carbocycles. The highest BCUT2D eigenvalue weighted by Crippen LogP contribution is 2.21. The first kappa shape index (κ1) is 16.0. The molecular weight excluding hydrogens is 324 g/mol. The van der Waals surface area contributed by atoms with E-state index in [2.05, 4.69) is 5.32 Å². The number of hydrogen-bond acceptors (Lipinski definition) is 4. The van der Waals surface area contributed by atoms with Crippen molar-refractivity contribution < 1.29 is 13.2 Å². The van der Waals surface area contributed by atoms with Crippen LogP contribution < -0.4 is 5.32 Å². The van der Waals surface area contributed by atoms with E-state index in [9.17, 15) is 13.2 Å². The SMILES string of the molecule is CS(=O)(=O)c1ccc(C(=O)Nc2ccc(C#N)c(Cl)c2)cc1. The molecule has 0 bridgehead atoms. The smallest absolute Gasteiger partial charge is 0.255 e. The molecule has 1 N–H and O–H groups in total. The van der Waals surface area contributed by atoms with E-state index in [1.165, 1.54) is 36.4 Å². The van der Waals surface area contributed by atoms with Gasteiger partial charge in [0.1, 0.15) is 6.07 Å². The molecule has 0 aromatic heterocycles. The number of nitriles is 1. The first-order chi connectivity index (χ1) is 10.3. The summed E-state index contributed by atoms with van der Waals surface area (Å²) in [5, 5.41) is 11.7. The second-order valence-corrected chi connectivity index (χ2v) is 6.98. The van der Waals surface area contributed by atoms with Crippen molar-refractivity contribution in [1.82, 2.24) is 0 Å². The van der Waals surface area contributed by atoms with Gasteiger partial charge in [0.25, 0.3) is 5.91 Å². The monoisotopic (exact) mass is 334 g/mol. The maximum Gasteiger partial charge on any atom is 0.255 e. The molecule has 7 heteroatoms. The third kappa shape index (κ3) is 3.64. The number of nitrogens with zero attached hydrogens (tertiary/aromatic N) is 1. The molecule has 2 aromatic carbocycles. The molecule has 0 aliphatic carbocycles. The zero-order valence-corrected chi connectivity index (χ0v) is 13.1. The van der Waals surface area contributed by atoms with Crippen molar-refractivity contribution in [2.45, 2.75) is 4.90 Å². The third-order valence-electron chi connectivity index (χ3n) is 2.89. The number of hydrogen-bond donors (Lipinski definition) is 1. The lowest BCUT2D eigenvalue weighted by Crippen LogP contribution is -2.12. The molecule has 0 fully saturated rings. The fraction of sp³-hybridized carbons (Fsp3) is 0.0667. The fourth-order valence-electron chi connectivity index (χ4n) is 1.74. The third-order valence-corrected chi connectivity index (χ3v) is 4.33. The number of carbonyl (C=O) groups excluding carboxylic acids is 1. The highest BCUT2D eigenvalue weighted by atomic mass is 35.5. The number of benzene rings is 2. The molecule has 2 aromatic rings. The Morgan fingerprint density at radius 2 is 1.82 bits per heavy atom. The molecule has 0 spiro atoms. The summed E-state index contributed by atoms with van der Waals surface area (Å²) in [7, 11) is -3.30. The maximum atomic E-state index is 12.1. The van der Waals surface area contributed by atoms with Gasteiger partial charge in [-0.2, -0.15) is 5.26 Å². The minimum Gasteiger partial charge on any atom is -0.322 e. The highest BCUT2D eigenvalue weighted by Gasteiger charge is 2.11. The van der Waals surface area contributed by atoms with Crippen molar-refractivity contribution in [2.75, 3.05) is 11.6 Å². The molecule has 5 nitrogen and oxygen atoms in total. The van der Waals surface area contributed by atoms with Crippen LogP contribution >= 0.6 is 11.6 Å². The van der Waals surface area contributed by atoms with Gasteiger partial charge in [-0.3, -0.25) is 4.79 Å². The van der Waals surface area contributed by atoms with E-state index in [1.807, 2.05) is 6.07 Å². The Bertz CT molecular complexity index is 869. The normalized spacial score (nSPS) is 10.8. The second-order valence-electron chi connectivity index (χ2n) is 4.56. The van der Waals surface area contributed by atoms with Crippen LogP contribution in [-0.4, -0.2) is 20.6 Å². The van der Waals surface area contributed by atoms with Gasteiger partial charge >= 0.3 is 0 Å². The molecule has 0 heterocycles. The number of nitrogens with one attached hydrogen (secondary N) is 1. The van der Waals surface area contributed by atoms with Crippen LogP contribution in [0.3, 0.4) is 0 Å². The van der Waals surface area contributed by atoms with Gasteiger partial charge in [0.15, 0.2) is 9.84 Å². The van der Waals surface area contributed by atoms with Crippen LogP contribution in [0.5, 0.6) is 0 Å². The first-order valence-electron chi connectivity index (χ1n) is 6.12. The van der Waals surface area contributed by atoms with Crippen molar-refractivity contribution in [3.05, 3.63) is 58.6 Å². The van der Waals surface area contributed by atoms with Gasteiger partial charge in [0.2, 0.25) is 0 Å². The van der Waals surface area contributed by atoms with E-state index in [0.29, 0.717) is 16.8 Å². The Kier molecular flexibility index (Phi) is 4.50. The zero-order valence-electron chi connectivity index (χ0n) is 11.5. The summed E-state index contributed by atoms with van der Waals surface area (Å²) in [6.07, 6.45) is 1.10. The van der Waals surface area contributed by atoms with Crippen LogP contribution in [0.2, 0.25) is 5.02 Å². The summed E-state index contributed by atoms with van der Waals surface area (Å²) in [6, 6.07) is 12.1. The van der Waals surface area contributed by atoms with Crippen LogP contribution in [0.15, 0.2) is 47.4 Å². The lowest BCUT2D eigenvalue weighted by Gasteiger charge is -2.07. The van der Waals surface area contributed by atoms with E-state index in [0.717, 1.165) is 6.26 Å². The molecule has 2 rings (SSSR count). The largest absolute Gasteiger partial charge is 0.322 e. The highest BCUT2D eigenvalue weighted by molar-refractivity contribution is 7.90. The molecule has 0 atom stereocenters. The fourth-order valence-corrected chi connectivity index (χ4v) is 2.59. The Hall–Kier alpha value is -2.36. The molecule has 112 valence electrons. The number of rotatable bonds is 3. The van der Waals surface area contributed by atoms with Gasteiger partial charge in [-0.1, -0.05) is 11.6 Å². The van der Waals surface area contributed by atoms with Gasteiger partial charge in [0, 0.05) is 17.5 Å². The van der Waals surface area contributed by atoms with Crippen LogP contribution in [0.25, 0.3) is 0 Å². The lowest BCUT2D eigenvalue weighted by atomic mass is 10.2. The number of anilines is 1. The average molecular weight is 335 g/mol. The van der Waals surface area contributed by atoms with Gasteiger partial charge in [-0.15, -0.1) is 0 Å². The maximum absolute atomic E-state index is 12.1. The summed E-state index contributed by atoms with van der Waals surface area (Å²) >= 11 is 5.89. The van der Waals surface area contributed by atoms with E-state index in [1.54, 1.807) is 6.07 Å². The second kappa shape index (κ2) is 6.18. The molecule has 22 heavy (non-hydrogen) atoms. The Morgan fingerprint density at radius 3 is 2.32 bits per heavy atom. The van der Waals surface area contributed by atoms with E-state index in [4.69, 9.17) is 16.9 Å². The zero-order chi connectivity index (χ0) is 16.3. The Labute approximate surface area is 133 Å². The van der Waals surface area contributed by atoms with Crippen molar-refractivity contribution in [3.8, 4) is 6.07 Å². The van der Waals surface area contributed by atoms with E-state index in [-0.39, 0.29) is 9.92 Å². The van der Waals surface area contributed by atoms with Crippen LogP contribution in [0.4, 0.5) is 5.69 Å². The van der Waals surface area contributed by atoms with E-state index < -0.39 is 15.7 Å². The van der Waals surface area contributed by atoms with Gasteiger partial charge in [-0.05, 0) is 42.5 Å². The topological polar surface area (TPSA) is 87.0 Å². The van der Waals surface area contributed by atoms with Crippen molar-refractivity contribution >= 4 is 33.0 Å². The molecular formula is C15H11ClN2O3S. The number of carbonyl (C=O) groups is 1. The molecule has 0 aliphatic heterocycles. The predicted octanol–water partition coefficient (Wildman–Crippen LogP) is 2.87. The lowest BCUT2D eigenvalue weighted by molar-refractivity contribution is 0.102. The molecule has 0 aliphatic rings. The van der Waals surface area contributed by atoms with Crippen LogP contribution in [0.1, 0.15) is 15.9 Å². The van der Waals surface area contributed by atoms with Crippen molar-refractivity contribution in [2.24, 2.45) is 0 Å². The van der Waals surface area contributed by atoms with Crippen molar-refractivity contribution in [1.29, 1.82) is 5.26 Å². The van der Waals surface area contributed by atoms with Crippen LogP contribution in [0, 0.1) is 11.3 Å². The summed E-state index contributed by atoms with van der Waals surface area (Å²) in [6.45, 7) is 0. The first-order valence-corrected chi connectivity index (χ1v) is 8.39. The number of sulfone groups is 1. The molecule has 1 amide bonds. The average Bonchev–Trinajstić information content (AvgIpc) is 2.46.